The molecule has 0 unspecified atom stereocenters. The number of aliphatic hydroxyl groups excluding tert-OH is 1. The average molecular weight is 538 g/mol. The fourth-order valence-corrected chi connectivity index (χ4v) is 4.25. The maximum absolute atomic E-state index is 13.0. The maximum atomic E-state index is 13.0. The molecule has 0 bridgehead atoms. The van der Waals surface area contributed by atoms with Gasteiger partial charge < -0.3 is 19.3 Å². The number of methoxy groups -OCH3 is 1. The second kappa shape index (κ2) is 12.8. The second-order valence-electron chi connectivity index (χ2n) is 7.83. The van der Waals surface area contributed by atoms with Crippen molar-refractivity contribution in [2.24, 2.45) is 0 Å². The molecule has 0 radical (unpaired) electrons. The Morgan fingerprint density at radius 1 is 0.921 bits per heavy atom. The number of anilines is 1. The Morgan fingerprint density at radius 3 is 2.34 bits per heavy atom. The van der Waals surface area contributed by atoms with Gasteiger partial charge in [0.2, 0.25) is 5.75 Å². The van der Waals surface area contributed by atoms with Crippen LogP contribution in [-0.4, -0.2) is 55.3 Å². The molecule has 198 valence electrons. The van der Waals surface area contributed by atoms with Gasteiger partial charge in [0.25, 0.3) is 16.1 Å². The fraction of sp³-hybridized carbons (Fsp3) is 0.192. The molecular formula is C26H27N5O6S. The lowest BCUT2D eigenvalue weighted by Gasteiger charge is -2.18. The van der Waals surface area contributed by atoms with Crippen LogP contribution in [-0.2, 0) is 16.6 Å². The predicted octanol–water partition coefficient (Wildman–Crippen LogP) is 3.20. The average Bonchev–Trinajstić information content (AvgIpc) is 2.94. The van der Waals surface area contributed by atoms with Crippen LogP contribution < -0.4 is 23.7 Å². The highest BCUT2D eigenvalue weighted by atomic mass is 32.2. The van der Waals surface area contributed by atoms with Crippen molar-refractivity contribution < 1.29 is 27.7 Å². The zero-order chi connectivity index (χ0) is 26.8. The molecule has 2 aromatic heterocycles. The van der Waals surface area contributed by atoms with Gasteiger partial charge in [0.15, 0.2) is 23.1 Å². The number of benzene rings is 2. The SMILES string of the molecule is COc1ccccc1Oc1c(NS(=O)(=O)NCCc2ccccc2)nc(-c2ccncc2)nc1OCCO. The van der Waals surface area contributed by atoms with E-state index in [9.17, 15) is 13.5 Å². The number of nitrogens with zero attached hydrogens (tertiary/aromatic N) is 3. The summed E-state index contributed by atoms with van der Waals surface area (Å²) in [5.41, 5.74) is 1.55. The molecule has 0 amide bonds. The number of para-hydroxylation sites is 2. The van der Waals surface area contributed by atoms with Gasteiger partial charge in [0, 0.05) is 24.5 Å². The molecule has 0 spiro atoms. The van der Waals surface area contributed by atoms with Crippen molar-refractivity contribution in [2.75, 3.05) is 31.6 Å². The lowest BCUT2D eigenvalue weighted by molar-refractivity contribution is 0.192. The minimum absolute atomic E-state index is 0.0752. The van der Waals surface area contributed by atoms with E-state index in [0.717, 1.165) is 5.56 Å². The van der Waals surface area contributed by atoms with E-state index < -0.39 is 10.2 Å². The highest BCUT2D eigenvalue weighted by molar-refractivity contribution is 7.90. The zero-order valence-electron chi connectivity index (χ0n) is 20.6. The smallest absolute Gasteiger partial charge is 0.300 e. The van der Waals surface area contributed by atoms with Crippen molar-refractivity contribution >= 4 is 16.0 Å². The molecule has 12 heteroatoms. The van der Waals surface area contributed by atoms with Crippen LogP contribution in [0.25, 0.3) is 11.4 Å². The van der Waals surface area contributed by atoms with Gasteiger partial charge in [-0.3, -0.25) is 9.71 Å². The molecule has 11 nitrogen and oxygen atoms in total. The molecule has 38 heavy (non-hydrogen) atoms. The molecule has 0 fully saturated rings. The number of aliphatic hydroxyl groups is 1. The number of ether oxygens (including phenoxy) is 3. The van der Waals surface area contributed by atoms with Gasteiger partial charge >= 0.3 is 0 Å². The Balaban J connectivity index is 1.71. The number of aromatic nitrogens is 3. The van der Waals surface area contributed by atoms with Gasteiger partial charge in [-0.1, -0.05) is 42.5 Å². The van der Waals surface area contributed by atoms with Crippen molar-refractivity contribution in [1.29, 1.82) is 0 Å². The number of rotatable bonds is 13. The van der Waals surface area contributed by atoms with Crippen molar-refractivity contribution in [3.8, 4) is 34.5 Å². The minimum atomic E-state index is -4.09. The first-order valence-corrected chi connectivity index (χ1v) is 13.2. The Labute approximate surface area is 220 Å². The first-order valence-electron chi connectivity index (χ1n) is 11.7. The van der Waals surface area contributed by atoms with Crippen molar-refractivity contribution in [3.63, 3.8) is 0 Å². The monoisotopic (exact) mass is 537 g/mol. The first kappa shape index (κ1) is 26.8. The van der Waals surface area contributed by atoms with E-state index in [2.05, 4.69) is 24.4 Å². The van der Waals surface area contributed by atoms with Gasteiger partial charge in [0.1, 0.15) is 6.61 Å². The van der Waals surface area contributed by atoms with Crippen LogP contribution in [0.15, 0.2) is 79.1 Å². The van der Waals surface area contributed by atoms with Crippen LogP contribution in [0.5, 0.6) is 23.1 Å². The van der Waals surface area contributed by atoms with Crippen LogP contribution in [0.1, 0.15) is 5.56 Å². The van der Waals surface area contributed by atoms with E-state index in [0.29, 0.717) is 17.7 Å². The topological polar surface area (TPSA) is 145 Å². The third kappa shape index (κ3) is 7.16. The predicted molar refractivity (Wildman–Crippen MR) is 142 cm³/mol. The van der Waals surface area contributed by atoms with Gasteiger partial charge in [-0.05, 0) is 36.2 Å². The van der Waals surface area contributed by atoms with Crippen LogP contribution in [0.2, 0.25) is 0 Å². The lowest BCUT2D eigenvalue weighted by atomic mass is 10.2. The summed E-state index contributed by atoms with van der Waals surface area (Å²) >= 11 is 0. The third-order valence-electron chi connectivity index (χ3n) is 5.16. The molecule has 4 aromatic rings. The molecule has 0 saturated carbocycles. The van der Waals surface area contributed by atoms with Gasteiger partial charge in [-0.2, -0.15) is 18.1 Å². The molecule has 4 rings (SSSR count). The minimum Gasteiger partial charge on any atom is -0.493 e. The summed E-state index contributed by atoms with van der Waals surface area (Å²) < 4.78 is 48.1. The number of hydrogen-bond acceptors (Lipinski definition) is 9. The van der Waals surface area contributed by atoms with E-state index in [-0.39, 0.29) is 48.8 Å². The molecule has 0 aliphatic heterocycles. The lowest BCUT2D eigenvalue weighted by Crippen LogP contribution is -2.32. The van der Waals surface area contributed by atoms with E-state index >= 15 is 0 Å². The van der Waals surface area contributed by atoms with Gasteiger partial charge in [0.05, 0.1) is 13.7 Å². The molecule has 3 N–H and O–H groups in total. The van der Waals surface area contributed by atoms with E-state index in [1.165, 1.54) is 7.11 Å². The number of pyridine rings is 1. The van der Waals surface area contributed by atoms with E-state index in [4.69, 9.17) is 14.2 Å². The summed E-state index contributed by atoms with van der Waals surface area (Å²) in [7, 11) is -2.61. The van der Waals surface area contributed by atoms with E-state index in [1.807, 2.05) is 30.3 Å². The van der Waals surface area contributed by atoms with Crippen LogP contribution >= 0.6 is 0 Å². The fourth-order valence-electron chi connectivity index (χ4n) is 3.41. The molecule has 2 heterocycles. The van der Waals surface area contributed by atoms with Gasteiger partial charge in [-0.15, -0.1) is 0 Å². The molecular weight excluding hydrogens is 510 g/mol. The first-order chi connectivity index (χ1) is 18.5. The van der Waals surface area contributed by atoms with Crippen molar-refractivity contribution in [2.45, 2.75) is 6.42 Å². The Morgan fingerprint density at radius 2 is 1.63 bits per heavy atom. The summed E-state index contributed by atoms with van der Waals surface area (Å²) in [6.45, 7) is -0.264. The molecule has 0 saturated heterocycles. The molecule has 0 aliphatic carbocycles. The third-order valence-corrected chi connectivity index (χ3v) is 6.21. The summed E-state index contributed by atoms with van der Waals surface area (Å²) in [4.78, 5) is 12.9. The summed E-state index contributed by atoms with van der Waals surface area (Å²) in [5.74, 6) is 0.491. The van der Waals surface area contributed by atoms with E-state index in [1.54, 1.807) is 48.8 Å². The summed E-state index contributed by atoms with van der Waals surface area (Å²) in [6.07, 6.45) is 3.60. The second-order valence-corrected chi connectivity index (χ2v) is 9.33. The highest BCUT2D eigenvalue weighted by Crippen LogP contribution is 2.41. The highest BCUT2D eigenvalue weighted by Gasteiger charge is 2.24. The summed E-state index contributed by atoms with van der Waals surface area (Å²) in [6, 6.07) is 19.7. The summed E-state index contributed by atoms with van der Waals surface area (Å²) in [5, 5.41) is 9.36. The standard InChI is InChI=1S/C26H27N5O6S/c1-35-21-9-5-6-10-22(21)37-23-25(31-38(33,34)28-16-11-19-7-3-2-4-8-19)29-24(20-12-14-27-15-13-20)30-26(23)36-18-17-32/h2-10,12-15,28,32H,11,16-18H2,1H3,(H,29,30,31). The van der Waals surface area contributed by atoms with Gasteiger partial charge in [-0.25, -0.2) is 4.98 Å². The number of nitrogens with one attached hydrogen (secondary N) is 2. The Bertz CT molecular complexity index is 1440. The normalized spacial score (nSPS) is 11.1. The zero-order valence-corrected chi connectivity index (χ0v) is 21.4. The Hall–Kier alpha value is -4.26. The Kier molecular flexibility index (Phi) is 9.03. The van der Waals surface area contributed by atoms with Crippen LogP contribution in [0.3, 0.4) is 0 Å². The largest absolute Gasteiger partial charge is 0.493 e. The molecule has 0 atom stereocenters. The molecule has 2 aromatic carbocycles. The van der Waals surface area contributed by atoms with Crippen molar-refractivity contribution in [1.82, 2.24) is 19.7 Å². The van der Waals surface area contributed by atoms with Crippen LogP contribution in [0.4, 0.5) is 5.82 Å². The number of hydrogen-bond donors (Lipinski definition) is 3. The van der Waals surface area contributed by atoms with Crippen LogP contribution in [0, 0.1) is 0 Å². The quantitative estimate of drug-likeness (QED) is 0.234. The maximum Gasteiger partial charge on any atom is 0.300 e. The van der Waals surface area contributed by atoms with Crippen molar-refractivity contribution in [3.05, 3.63) is 84.7 Å². The molecule has 0 aliphatic rings.